The molecule has 1 heterocycles. The Kier molecular flexibility index (Phi) is 5.64. The number of carbonyl (C=O) groups is 2. The lowest BCUT2D eigenvalue weighted by atomic mass is 10.3. The van der Waals surface area contributed by atoms with Crippen molar-refractivity contribution in [2.45, 2.75) is 0 Å². The maximum atomic E-state index is 11.7. The molecule has 0 aromatic rings. The van der Waals surface area contributed by atoms with Crippen LogP contribution in [0.2, 0.25) is 0 Å². The highest BCUT2D eigenvalue weighted by atomic mass is 16.2. The van der Waals surface area contributed by atoms with E-state index in [1.54, 1.807) is 30.0 Å². The number of hydrogen-bond acceptors (Lipinski definition) is 3. The number of amides is 3. The molecule has 0 atom stereocenters. The summed E-state index contributed by atoms with van der Waals surface area (Å²) in [6, 6.07) is 0.0331. The van der Waals surface area contributed by atoms with Crippen LogP contribution in [0.5, 0.6) is 0 Å². The quantitative estimate of drug-likeness (QED) is 0.694. The minimum Gasteiger partial charge on any atom is -0.352 e. The molecule has 0 aromatic heterocycles. The molecule has 1 N–H and O–H groups in total. The van der Waals surface area contributed by atoms with Gasteiger partial charge >= 0.3 is 6.03 Å². The van der Waals surface area contributed by atoms with Gasteiger partial charge in [-0.15, -0.1) is 6.58 Å². The van der Waals surface area contributed by atoms with Gasteiger partial charge in [0.1, 0.15) is 0 Å². The molecule has 0 bridgehead atoms. The smallest absolute Gasteiger partial charge is 0.319 e. The lowest BCUT2D eigenvalue weighted by Gasteiger charge is -2.35. The van der Waals surface area contributed by atoms with Crippen LogP contribution >= 0.6 is 0 Å². The standard InChI is InChI=1S/C12H22N4O2/c1-4-5-13-11(17)10-15-6-8-16(9-7-15)12(18)14(2)3/h4H,1,5-10H2,2-3H3,(H,13,17). The van der Waals surface area contributed by atoms with Gasteiger partial charge in [-0.1, -0.05) is 6.08 Å². The number of hydrogen-bond donors (Lipinski definition) is 1. The van der Waals surface area contributed by atoms with E-state index in [-0.39, 0.29) is 11.9 Å². The Morgan fingerprint density at radius 3 is 2.39 bits per heavy atom. The molecule has 0 aromatic carbocycles. The minimum absolute atomic E-state index is 0.00212. The largest absolute Gasteiger partial charge is 0.352 e. The summed E-state index contributed by atoms with van der Waals surface area (Å²) in [5.41, 5.74) is 0. The molecule has 0 spiro atoms. The Morgan fingerprint density at radius 1 is 1.28 bits per heavy atom. The van der Waals surface area contributed by atoms with Crippen molar-refractivity contribution in [3.63, 3.8) is 0 Å². The Morgan fingerprint density at radius 2 is 1.89 bits per heavy atom. The lowest BCUT2D eigenvalue weighted by molar-refractivity contribution is -0.122. The van der Waals surface area contributed by atoms with Crippen LogP contribution in [0.3, 0.4) is 0 Å². The number of nitrogens with zero attached hydrogens (tertiary/aromatic N) is 3. The predicted molar refractivity (Wildman–Crippen MR) is 70.3 cm³/mol. The van der Waals surface area contributed by atoms with Crippen LogP contribution in [0.25, 0.3) is 0 Å². The summed E-state index contributed by atoms with van der Waals surface area (Å²) >= 11 is 0. The summed E-state index contributed by atoms with van der Waals surface area (Å²) in [6.45, 7) is 7.25. The van der Waals surface area contributed by atoms with Gasteiger partial charge in [0.05, 0.1) is 6.54 Å². The summed E-state index contributed by atoms with van der Waals surface area (Å²) in [7, 11) is 3.49. The van der Waals surface area contributed by atoms with Gasteiger partial charge in [0.2, 0.25) is 5.91 Å². The third-order valence-corrected chi connectivity index (χ3v) is 2.84. The van der Waals surface area contributed by atoms with E-state index in [4.69, 9.17) is 0 Å². The molecular formula is C12H22N4O2. The summed E-state index contributed by atoms with van der Waals surface area (Å²) < 4.78 is 0. The van der Waals surface area contributed by atoms with Gasteiger partial charge < -0.3 is 15.1 Å². The lowest BCUT2D eigenvalue weighted by Crippen LogP contribution is -2.53. The fraction of sp³-hybridized carbons (Fsp3) is 0.667. The van der Waals surface area contributed by atoms with Crippen molar-refractivity contribution in [1.82, 2.24) is 20.0 Å². The minimum atomic E-state index is 0.00212. The molecule has 3 amide bonds. The van der Waals surface area contributed by atoms with E-state index in [0.717, 1.165) is 13.1 Å². The van der Waals surface area contributed by atoms with Crippen LogP contribution in [0, 0.1) is 0 Å². The SMILES string of the molecule is C=CCNC(=O)CN1CCN(C(=O)N(C)C)CC1. The highest BCUT2D eigenvalue weighted by molar-refractivity contribution is 5.78. The van der Waals surface area contributed by atoms with Crippen LogP contribution in [-0.2, 0) is 4.79 Å². The highest BCUT2D eigenvalue weighted by Gasteiger charge is 2.22. The number of nitrogens with one attached hydrogen (secondary N) is 1. The molecule has 102 valence electrons. The molecule has 0 saturated carbocycles. The predicted octanol–water partition coefficient (Wildman–Crippen LogP) is -0.412. The fourth-order valence-electron chi connectivity index (χ4n) is 1.83. The maximum Gasteiger partial charge on any atom is 0.319 e. The van der Waals surface area contributed by atoms with Crippen LogP contribution in [0.15, 0.2) is 12.7 Å². The Balaban J connectivity index is 2.29. The zero-order valence-corrected chi connectivity index (χ0v) is 11.2. The average Bonchev–Trinajstić information content (AvgIpc) is 2.36. The molecular weight excluding hydrogens is 232 g/mol. The second-order valence-corrected chi connectivity index (χ2v) is 4.53. The van der Waals surface area contributed by atoms with Crippen molar-refractivity contribution in [3.8, 4) is 0 Å². The fourth-order valence-corrected chi connectivity index (χ4v) is 1.83. The molecule has 1 rings (SSSR count). The summed E-state index contributed by atoms with van der Waals surface area (Å²) in [6.07, 6.45) is 1.66. The second kappa shape index (κ2) is 7.00. The topological polar surface area (TPSA) is 55.9 Å². The van der Waals surface area contributed by atoms with E-state index >= 15 is 0 Å². The van der Waals surface area contributed by atoms with Gasteiger partial charge in [0.15, 0.2) is 0 Å². The first-order valence-corrected chi connectivity index (χ1v) is 6.10. The molecule has 1 aliphatic heterocycles. The van der Waals surface area contributed by atoms with Crippen LogP contribution in [-0.4, -0.2) is 80.0 Å². The first-order chi connectivity index (χ1) is 8.54. The van der Waals surface area contributed by atoms with Crippen molar-refractivity contribution < 1.29 is 9.59 Å². The number of carbonyl (C=O) groups excluding carboxylic acids is 2. The Hall–Kier alpha value is -1.56. The first kappa shape index (κ1) is 14.5. The molecule has 1 aliphatic rings. The van der Waals surface area contributed by atoms with Gasteiger partial charge in [-0.3, -0.25) is 9.69 Å². The van der Waals surface area contributed by atoms with Crippen molar-refractivity contribution in [2.75, 3.05) is 53.4 Å². The molecule has 18 heavy (non-hydrogen) atoms. The van der Waals surface area contributed by atoms with E-state index in [9.17, 15) is 9.59 Å². The maximum absolute atomic E-state index is 11.7. The summed E-state index contributed by atoms with van der Waals surface area (Å²) in [5.74, 6) is 0.00212. The van der Waals surface area contributed by atoms with Gasteiger partial charge in [0.25, 0.3) is 0 Å². The van der Waals surface area contributed by atoms with E-state index in [2.05, 4.69) is 16.8 Å². The number of rotatable bonds is 4. The van der Waals surface area contributed by atoms with Crippen molar-refractivity contribution in [1.29, 1.82) is 0 Å². The zero-order valence-electron chi connectivity index (χ0n) is 11.2. The normalized spacial score (nSPS) is 16.2. The van der Waals surface area contributed by atoms with Gasteiger partial charge in [-0.2, -0.15) is 0 Å². The highest BCUT2D eigenvalue weighted by Crippen LogP contribution is 2.03. The Bertz CT molecular complexity index is 309. The van der Waals surface area contributed by atoms with Crippen molar-refractivity contribution in [3.05, 3.63) is 12.7 Å². The van der Waals surface area contributed by atoms with Crippen LogP contribution < -0.4 is 5.32 Å². The third kappa shape index (κ3) is 4.37. The molecule has 0 aliphatic carbocycles. The van der Waals surface area contributed by atoms with E-state index < -0.39 is 0 Å². The summed E-state index contributed by atoms with van der Waals surface area (Å²) in [5, 5.41) is 2.74. The molecule has 6 nitrogen and oxygen atoms in total. The monoisotopic (exact) mass is 254 g/mol. The molecule has 1 fully saturated rings. The van der Waals surface area contributed by atoms with E-state index in [0.29, 0.717) is 26.2 Å². The van der Waals surface area contributed by atoms with E-state index in [1.807, 2.05) is 0 Å². The number of piperazine rings is 1. The van der Waals surface area contributed by atoms with Crippen molar-refractivity contribution in [2.24, 2.45) is 0 Å². The average molecular weight is 254 g/mol. The van der Waals surface area contributed by atoms with Gasteiger partial charge in [0, 0.05) is 46.8 Å². The van der Waals surface area contributed by atoms with Crippen molar-refractivity contribution >= 4 is 11.9 Å². The summed E-state index contributed by atoms with van der Waals surface area (Å²) in [4.78, 5) is 28.6. The van der Waals surface area contributed by atoms with Gasteiger partial charge in [-0.25, -0.2) is 4.79 Å². The Labute approximate surface area is 108 Å². The molecule has 1 saturated heterocycles. The van der Waals surface area contributed by atoms with Crippen LogP contribution in [0.4, 0.5) is 4.79 Å². The molecule has 0 radical (unpaired) electrons. The first-order valence-electron chi connectivity index (χ1n) is 6.10. The molecule has 0 unspecified atom stereocenters. The third-order valence-electron chi connectivity index (χ3n) is 2.84. The number of urea groups is 1. The molecule has 6 heteroatoms. The van der Waals surface area contributed by atoms with E-state index in [1.165, 1.54) is 0 Å². The van der Waals surface area contributed by atoms with Crippen LogP contribution in [0.1, 0.15) is 0 Å². The zero-order chi connectivity index (χ0) is 13.5. The van der Waals surface area contributed by atoms with Gasteiger partial charge in [-0.05, 0) is 0 Å². The second-order valence-electron chi connectivity index (χ2n) is 4.53.